The molecule has 0 bridgehead atoms. The van der Waals surface area contributed by atoms with Gasteiger partial charge in [0.05, 0.1) is 10.7 Å². The number of esters is 1. The molecular weight excluding hydrogens is 389 g/mol. The number of hydrogen-bond donors (Lipinski definition) is 2. The van der Waals surface area contributed by atoms with Crippen molar-refractivity contribution in [1.82, 2.24) is 4.98 Å². The number of nitrogens with zero attached hydrogens (tertiary/aromatic N) is 1. The van der Waals surface area contributed by atoms with E-state index in [0.717, 1.165) is 12.0 Å². The molecule has 0 saturated heterocycles. The van der Waals surface area contributed by atoms with Crippen LogP contribution in [0.5, 0.6) is 0 Å². The van der Waals surface area contributed by atoms with Gasteiger partial charge in [-0.15, -0.1) is 0 Å². The number of aryl methyl sites for hydroxylation is 1. The molecule has 132 valence electrons. The lowest BCUT2D eigenvalue weighted by Crippen LogP contribution is -2.21. The third-order valence-electron chi connectivity index (χ3n) is 3.25. The second-order valence-electron chi connectivity index (χ2n) is 4.97. The number of nitrogens with one attached hydrogen (secondary N) is 1. The molecule has 25 heavy (non-hydrogen) atoms. The highest BCUT2D eigenvalue weighted by atomic mass is 35.5. The van der Waals surface area contributed by atoms with E-state index >= 15 is 0 Å². The van der Waals surface area contributed by atoms with Crippen LogP contribution in [0.3, 0.4) is 0 Å². The molecule has 0 aliphatic rings. The van der Waals surface area contributed by atoms with E-state index in [0.29, 0.717) is 5.69 Å². The number of carbonyl (C=O) groups is 2. The van der Waals surface area contributed by atoms with Gasteiger partial charge in [0.25, 0.3) is 5.91 Å². The van der Waals surface area contributed by atoms with Gasteiger partial charge in [-0.25, -0.2) is 9.78 Å². The minimum Gasteiger partial charge on any atom is -0.451 e. The molecule has 0 atom stereocenters. The molecule has 9 heteroatoms. The van der Waals surface area contributed by atoms with Gasteiger partial charge < -0.3 is 15.8 Å². The van der Waals surface area contributed by atoms with Crippen molar-refractivity contribution in [2.45, 2.75) is 13.3 Å². The van der Waals surface area contributed by atoms with E-state index in [9.17, 15) is 9.59 Å². The molecule has 0 radical (unpaired) electrons. The maximum absolute atomic E-state index is 12.0. The quantitative estimate of drug-likeness (QED) is 0.582. The van der Waals surface area contributed by atoms with E-state index < -0.39 is 18.5 Å². The Morgan fingerprint density at radius 1 is 1.16 bits per heavy atom. The first-order valence-corrected chi connectivity index (χ1v) is 8.32. The molecule has 0 aliphatic heterocycles. The summed E-state index contributed by atoms with van der Waals surface area (Å²) in [5.74, 6) is -1.45. The van der Waals surface area contributed by atoms with Crippen LogP contribution in [0.25, 0.3) is 0 Å². The molecule has 0 unspecified atom stereocenters. The fourth-order valence-corrected chi connectivity index (χ4v) is 2.47. The fraction of sp³-hybridized carbons (Fsp3) is 0.188. The normalized spacial score (nSPS) is 10.4. The van der Waals surface area contributed by atoms with Crippen LogP contribution in [0, 0.1) is 0 Å². The maximum atomic E-state index is 12.0. The van der Waals surface area contributed by atoms with Crippen molar-refractivity contribution in [3.05, 3.63) is 50.7 Å². The Hall–Kier alpha value is -2.02. The van der Waals surface area contributed by atoms with Gasteiger partial charge in [-0.2, -0.15) is 0 Å². The summed E-state index contributed by atoms with van der Waals surface area (Å²) in [7, 11) is 0. The zero-order valence-electron chi connectivity index (χ0n) is 13.1. The average Bonchev–Trinajstić information content (AvgIpc) is 2.61. The molecule has 1 aromatic heterocycles. The molecule has 0 spiro atoms. The third kappa shape index (κ3) is 4.75. The molecule has 6 nitrogen and oxygen atoms in total. The molecule has 0 aliphatic carbocycles. The van der Waals surface area contributed by atoms with Crippen molar-refractivity contribution in [1.29, 1.82) is 0 Å². The predicted molar refractivity (Wildman–Crippen MR) is 98.4 cm³/mol. The molecule has 0 fully saturated rings. The Morgan fingerprint density at radius 3 is 2.40 bits per heavy atom. The van der Waals surface area contributed by atoms with E-state index in [4.69, 9.17) is 45.3 Å². The van der Waals surface area contributed by atoms with Gasteiger partial charge in [0.15, 0.2) is 17.5 Å². The monoisotopic (exact) mass is 401 g/mol. The summed E-state index contributed by atoms with van der Waals surface area (Å²) in [6.07, 6.45) is 0.895. The van der Waals surface area contributed by atoms with E-state index in [1.807, 2.05) is 19.1 Å². The summed E-state index contributed by atoms with van der Waals surface area (Å²) in [5.41, 5.74) is 6.96. The number of nitrogen functional groups attached to an aromatic ring is 1. The second kappa shape index (κ2) is 8.38. The molecule has 3 N–H and O–H groups in total. The van der Waals surface area contributed by atoms with Crippen LogP contribution < -0.4 is 11.1 Å². The number of benzene rings is 1. The molecule has 1 amide bonds. The zero-order valence-corrected chi connectivity index (χ0v) is 15.4. The molecule has 2 rings (SSSR count). The topological polar surface area (TPSA) is 94.3 Å². The fourth-order valence-electron chi connectivity index (χ4n) is 1.89. The van der Waals surface area contributed by atoms with Gasteiger partial charge in [-0.3, -0.25) is 4.79 Å². The number of anilines is 2. The summed E-state index contributed by atoms with van der Waals surface area (Å²) >= 11 is 17.4. The van der Waals surface area contributed by atoms with Crippen LogP contribution in [0.4, 0.5) is 11.4 Å². The maximum Gasteiger partial charge on any atom is 0.359 e. The Morgan fingerprint density at radius 2 is 1.80 bits per heavy atom. The third-order valence-corrected chi connectivity index (χ3v) is 4.38. The smallest absolute Gasteiger partial charge is 0.359 e. The molecule has 1 aromatic carbocycles. The first-order chi connectivity index (χ1) is 11.8. The number of rotatable bonds is 5. The number of aromatic nitrogens is 1. The van der Waals surface area contributed by atoms with Crippen LogP contribution in [-0.2, 0) is 16.0 Å². The number of amides is 1. The lowest BCUT2D eigenvalue weighted by Gasteiger charge is -2.10. The van der Waals surface area contributed by atoms with Gasteiger partial charge in [0.1, 0.15) is 5.02 Å². The van der Waals surface area contributed by atoms with Crippen molar-refractivity contribution < 1.29 is 14.3 Å². The van der Waals surface area contributed by atoms with Gasteiger partial charge in [0.2, 0.25) is 0 Å². The van der Waals surface area contributed by atoms with Crippen LogP contribution in [-0.4, -0.2) is 23.5 Å². The summed E-state index contributed by atoms with van der Waals surface area (Å²) in [5, 5.41) is 2.18. The summed E-state index contributed by atoms with van der Waals surface area (Å²) in [4.78, 5) is 27.6. The Labute approximate surface area is 159 Å². The first-order valence-electron chi connectivity index (χ1n) is 7.19. The molecule has 2 aromatic rings. The lowest BCUT2D eigenvalue weighted by atomic mass is 10.1. The van der Waals surface area contributed by atoms with Gasteiger partial charge in [-0.05, 0) is 24.1 Å². The predicted octanol–water partition coefficient (Wildman–Crippen LogP) is 3.98. The van der Waals surface area contributed by atoms with Crippen molar-refractivity contribution in [2.24, 2.45) is 0 Å². The second-order valence-corrected chi connectivity index (χ2v) is 6.08. The average molecular weight is 403 g/mol. The number of nitrogens with two attached hydrogens (primary N) is 1. The number of hydrogen-bond acceptors (Lipinski definition) is 5. The SMILES string of the molecule is CCc1ccc(NC(=O)COC(=O)c2nc(Cl)c(Cl)c(N)c2Cl)cc1. The van der Waals surface area contributed by atoms with Crippen LogP contribution in [0.1, 0.15) is 23.0 Å². The standard InChI is InChI=1S/C16H14Cl3N3O3/c1-2-8-3-5-9(6-4-8)21-10(23)7-25-16(24)14-11(17)13(20)12(18)15(19)22-14/h3-6H,2,7H2,1H3,(H2,20,22)(H,21,23). The number of pyridine rings is 1. The zero-order chi connectivity index (χ0) is 18.6. The van der Waals surface area contributed by atoms with Crippen molar-refractivity contribution in [3.8, 4) is 0 Å². The number of carbonyl (C=O) groups excluding carboxylic acids is 2. The van der Waals surface area contributed by atoms with Gasteiger partial charge in [0, 0.05) is 5.69 Å². The van der Waals surface area contributed by atoms with E-state index in [2.05, 4.69) is 10.3 Å². The van der Waals surface area contributed by atoms with Crippen LogP contribution in [0.15, 0.2) is 24.3 Å². The summed E-state index contributed by atoms with van der Waals surface area (Å²) in [6, 6.07) is 7.31. The van der Waals surface area contributed by atoms with Gasteiger partial charge >= 0.3 is 5.97 Å². The molecular formula is C16H14Cl3N3O3. The summed E-state index contributed by atoms with van der Waals surface area (Å²) < 4.78 is 4.88. The molecule has 0 saturated carbocycles. The highest BCUT2D eigenvalue weighted by Gasteiger charge is 2.21. The Bertz CT molecular complexity index is 811. The first kappa shape index (κ1) is 19.3. The Balaban J connectivity index is 1.98. The minimum atomic E-state index is -0.938. The highest BCUT2D eigenvalue weighted by Crippen LogP contribution is 2.34. The van der Waals surface area contributed by atoms with Crippen molar-refractivity contribution in [3.63, 3.8) is 0 Å². The lowest BCUT2D eigenvalue weighted by molar-refractivity contribution is -0.119. The van der Waals surface area contributed by atoms with Gasteiger partial charge in [-0.1, -0.05) is 53.9 Å². The van der Waals surface area contributed by atoms with E-state index in [1.165, 1.54) is 0 Å². The minimum absolute atomic E-state index is 0.0588. The largest absolute Gasteiger partial charge is 0.451 e. The molecule has 1 heterocycles. The Kier molecular flexibility index (Phi) is 6.47. The number of halogens is 3. The van der Waals surface area contributed by atoms with Crippen LogP contribution in [0.2, 0.25) is 15.2 Å². The van der Waals surface area contributed by atoms with E-state index in [1.54, 1.807) is 12.1 Å². The van der Waals surface area contributed by atoms with Crippen LogP contribution >= 0.6 is 34.8 Å². The summed E-state index contributed by atoms with van der Waals surface area (Å²) in [6.45, 7) is 1.51. The van der Waals surface area contributed by atoms with E-state index in [-0.39, 0.29) is 26.6 Å². The number of ether oxygens (including phenoxy) is 1. The van der Waals surface area contributed by atoms with Crippen molar-refractivity contribution >= 4 is 58.1 Å². The highest BCUT2D eigenvalue weighted by molar-refractivity contribution is 6.46. The van der Waals surface area contributed by atoms with Crippen molar-refractivity contribution in [2.75, 3.05) is 17.7 Å².